The van der Waals surface area contributed by atoms with Gasteiger partial charge in [0, 0.05) is 37.1 Å². The van der Waals surface area contributed by atoms with Gasteiger partial charge in [0.25, 0.3) is 0 Å². The van der Waals surface area contributed by atoms with Crippen LogP contribution in [0.1, 0.15) is 45.1 Å². The van der Waals surface area contributed by atoms with Crippen LogP contribution in [0.15, 0.2) is 24.5 Å². The first-order valence-corrected chi connectivity index (χ1v) is 7.90. The Morgan fingerprint density at radius 1 is 1.20 bits per heavy atom. The molecule has 0 saturated heterocycles. The molecule has 0 N–H and O–H groups in total. The first kappa shape index (κ1) is 15.5. The maximum absolute atomic E-state index is 4.23. The Balaban J connectivity index is 2.03. The molecule has 1 aliphatic rings. The number of hydrogen-bond donors (Lipinski definition) is 0. The van der Waals surface area contributed by atoms with E-state index in [1.165, 1.54) is 31.2 Å². The molecule has 0 radical (unpaired) electrons. The zero-order valence-electron chi connectivity index (χ0n) is 13.4. The summed E-state index contributed by atoms with van der Waals surface area (Å²) in [5.74, 6) is 0. The fourth-order valence-electron chi connectivity index (χ4n) is 3.36. The van der Waals surface area contributed by atoms with Crippen molar-refractivity contribution >= 4 is 0 Å². The van der Waals surface area contributed by atoms with Gasteiger partial charge in [-0.05, 0) is 52.4 Å². The lowest BCUT2D eigenvalue weighted by molar-refractivity contribution is 0.0568. The minimum atomic E-state index is 0.618. The lowest BCUT2D eigenvalue weighted by Crippen LogP contribution is -2.52. The van der Waals surface area contributed by atoms with E-state index >= 15 is 0 Å². The van der Waals surface area contributed by atoms with Crippen molar-refractivity contribution in [3.8, 4) is 0 Å². The van der Waals surface area contributed by atoms with Crippen molar-refractivity contribution in [3.63, 3.8) is 0 Å². The standard InChI is InChI=1S/C17H29N3/c1-14(2)20(4)17-10-6-5-9-16(17)19(3)13-15-8-7-11-18-12-15/h7-8,11-12,14,16-17H,5-6,9-10,13H2,1-4H3. The van der Waals surface area contributed by atoms with E-state index in [-0.39, 0.29) is 0 Å². The molecule has 1 aliphatic carbocycles. The third-order valence-electron chi connectivity index (χ3n) is 4.75. The molecule has 2 rings (SSSR count). The van der Waals surface area contributed by atoms with Crippen LogP contribution in [0.5, 0.6) is 0 Å². The largest absolute Gasteiger partial charge is 0.299 e. The molecule has 3 heteroatoms. The van der Waals surface area contributed by atoms with Gasteiger partial charge >= 0.3 is 0 Å². The molecular formula is C17H29N3. The van der Waals surface area contributed by atoms with E-state index in [0.29, 0.717) is 18.1 Å². The van der Waals surface area contributed by atoms with Crippen LogP contribution in [0.25, 0.3) is 0 Å². The predicted octanol–water partition coefficient (Wildman–Crippen LogP) is 3.16. The van der Waals surface area contributed by atoms with Gasteiger partial charge in [-0.25, -0.2) is 0 Å². The lowest BCUT2D eigenvalue weighted by Gasteiger charge is -2.44. The molecule has 2 atom stereocenters. The Morgan fingerprint density at radius 2 is 1.90 bits per heavy atom. The van der Waals surface area contributed by atoms with Crippen molar-refractivity contribution in [2.24, 2.45) is 0 Å². The highest BCUT2D eigenvalue weighted by Gasteiger charge is 2.31. The summed E-state index contributed by atoms with van der Waals surface area (Å²) in [4.78, 5) is 9.31. The fourth-order valence-corrected chi connectivity index (χ4v) is 3.36. The number of aromatic nitrogens is 1. The van der Waals surface area contributed by atoms with Gasteiger partial charge in [-0.2, -0.15) is 0 Å². The van der Waals surface area contributed by atoms with Gasteiger partial charge in [0.2, 0.25) is 0 Å². The van der Waals surface area contributed by atoms with Crippen molar-refractivity contribution in [1.82, 2.24) is 14.8 Å². The number of nitrogens with zero attached hydrogens (tertiary/aromatic N) is 3. The van der Waals surface area contributed by atoms with Crippen molar-refractivity contribution in [1.29, 1.82) is 0 Å². The van der Waals surface area contributed by atoms with Crippen LogP contribution in [0, 0.1) is 0 Å². The fraction of sp³-hybridized carbons (Fsp3) is 0.706. The van der Waals surface area contributed by atoms with Crippen LogP contribution >= 0.6 is 0 Å². The minimum Gasteiger partial charge on any atom is -0.299 e. The van der Waals surface area contributed by atoms with Crippen LogP contribution < -0.4 is 0 Å². The van der Waals surface area contributed by atoms with Gasteiger partial charge in [0.1, 0.15) is 0 Å². The Morgan fingerprint density at radius 3 is 2.50 bits per heavy atom. The zero-order chi connectivity index (χ0) is 14.5. The minimum absolute atomic E-state index is 0.618. The summed E-state index contributed by atoms with van der Waals surface area (Å²) >= 11 is 0. The van der Waals surface area contributed by atoms with E-state index in [1.54, 1.807) is 0 Å². The molecule has 20 heavy (non-hydrogen) atoms. The van der Waals surface area contributed by atoms with E-state index in [0.717, 1.165) is 6.54 Å². The van der Waals surface area contributed by atoms with Crippen molar-refractivity contribution in [2.45, 2.75) is 64.2 Å². The van der Waals surface area contributed by atoms with Gasteiger partial charge in [0.05, 0.1) is 0 Å². The van der Waals surface area contributed by atoms with Crippen LogP contribution in [0.3, 0.4) is 0 Å². The number of rotatable bonds is 5. The molecule has 0 spiro atoms. The molecule has 112 valence electrons. The topological polar surface area (TPSA) is 19.4 Å². The second-order valence-electron chi connectivity index (χ2n) is 6.45. The predicted molar refractivity (Wildman–Crippen MR) is 84.6 cm³/mol. The summed E-state index contributed by atoms with van der Waals surface area (Å²) in [6, 6.07) is 6.17. The normalized spacial score (nSPS) is 23.8. The highest BCUT2D eigenvalue weighted by molar-refractivity contribution is 5.08. The molecule has 1 aromatic heterocycles. The highest BCUT2D eigenvalue weighted by Crippen LogP contribution is 2.27. The number of likely N-dealkylation sites (N-methyl/N-ethyl adjacent to an activating group) is 2. The molecule has 1 heterocycles. The summed E-state index contributed by atoms with van der Waals surface area (Å²) in [5, 5.41) is 0. The first-order chi connectivity index (χ1) is 9.59. The smallest absolute Gasteiger partial charge is 0.0312 e. The summed E-state index contributed by atoms with van der Waals surface area (Å²) in [7, 11) is 4.55. The van der Waals surface area contributed by atoms with E-state index in [1.807, 2.05) is 18.5 Å². The SMILES string of the molecule is CC(C)N(C)C1CCCCC1N(C)Cc1cccnc1. The number of pyridine rings is 1. The van der Waals surface area contributed by atoms with Crippen LogP contribution in [0.2, 0.25) is 0 Å². The number of hydrogen-bond acceptors (Lipinski definition) is 3. The van der Waals surface area contributed by atoms with Crippen molar-refractivity contribution in [2.75, 3.05) is 14.1 Å². The van der Waals surface area contributed by atoms with Gasteiger partial charge in [0.15, 0.2) is 0 Å². The van der Waals surface area contributed by atoms with E-state index in [2.05, 4.69) is 48.8 Å². The average molecular weight is 275 g/mol. The van der Waals surface area contributed by atoms with E-state index in [4.69, 9.17) is 0 Å². The summed E-state index contributed by atoms with van der Waals surface area (Å²) in [6.07, 6.45) is 9.22. The molecule has 0 amide bonds. The van der Waals surface area contributed by atoms with Gasteiger partial charge in [-0.15, -0.1) is 0 Å². The summed E-state index contributed by atoms with van der Waals surface area (Å²) in [6.45, 7) is 5.60. The molecule has 0 bridgehead atoms. The van der Waals surface area contributed by atoms with Crippen molar-refractivity contribution < 1.29 is 0 Å². The second kappa shape index (κ2) is 7.19. The van der Waals surface area contributed by atoms with E-state index < -0.39 is 0 Å². The molecule has 0 aliphatic heterocycles. The molecule has 2 unspecified atom stereocenters. The van der Waals surface area contributed by atoms with Gasteiger partial charge < -0.3 is 0 Å². The van der Waals surface area contributed by atoms with Gasteiger partial charge in [-0.1, -0.05) is 18.9 Å². The first-order valence-electron chi connectivity index (χ1n) is 7.90. The Kier molecular flexibility index (Phi) is 5.55. The molecule has 0 aromatic carbocycles. The monoisotopic (exact) mass is 275 g/mol. The van der Waals surface area contributed by atoms with Crippen molar-refractivity contribution in [3.05, 3.63) is 30.1 Å². The Bertz CT molecular complexity index is 390. The molecular weight excluding hydrogens is 246 g/mol. The summed E-state index contributed by atoms with van der Waals surface area (Å²) < 4.78 is 0. The Hall–Kier alpha value is -0.930. The average Bonchev–Trinajstić information content (AvgIpc) is 2.47. The third-order valence-corrected chi connectivity index (χ3v) is 4.75. The van der Waals surface area contributed by atoms with Crippen LogP contribution in [0.4, 0.5) is 0 Å². The lowest BCUT2D eigenvalue weighted by atomic mass is 9.87. The maximum Gasteiger partial charge on any atom is 0.0312 e. The Labute approximate surface area is 124 Å². The van der Waals surface area contributed by atoms with Crippen LogP contribution in [-0.4, -0.2) is 47.0 Å². The van der Waals surface area contributed by atoms with Crippen LogP contribution in [-0.2, 0) is 6.54 Å². The molecule has 3 nitrogen and oxygen atoms in total. The molecule has 1 aromatic rings. The maximum atomic E-state index is 4.23. The quantitative estimate of drug-likeness (QED) is 0.823. The van der Waals surface area contributed by atoms with E-state index in [9.17, 15) is 0 Å². The molecule has 1 saturated carbocycles. The second-order valence-corrected chi connectivity index (χ2v) is 6.45. The molecule has 1 fully saturated rings. The highest BCUT2D eigenvalue weighted by atomic mass is 15.2. The zero-order valence-corrected chi connectivity index (χ0v) is 13.4. The van der Waals surface area contributed by atoms with Gasteiger partial charge in [-0.3, -0.25) is 14.8 Å². The summed E-state index contributed by atoms with van der Waals surface area (Å²) in [5.41, 5.74) is 1.31. The third kappa shape index (κ3) is 3.80.